The second kappa shape index (κ2) is 9.80. The van der Waals surface area contributed by atoms with E-state index >= 15 is 0 Å². The van der Waals surface area contributed by atoms with Crippen LogP contribution in [-0.4, -0.2) is 0 Å². The van der Waals surface area contributed by atoms with E-state index < -0.39 is 0 Å². The average Bonchev–Trinajstić information content (AvgIpc) is 2.80. The molecule has 3 heteroatoms. The Labute approximate surface area is 193 Å². The smallest absolute Gasteiger partial charge is 0.0283 e. The van der Waals surface area contributed by atoms with Crippen LogP contribution in [0.1, 0.15) is 11.1 Å². The van der Waals surface area contributed by atoms with Gasteiger partial charge in [-0.2, -0.15) is 0 Å². The molecule has 0 unspecified atom stereocenters. The maximum absolute atomic E-state index is 3.53. The van der Waals surface area contributed by atoms with Gasteiger partial charge in [0.2, 0.25) is 0 Å². The maximum Gasteiger partial charge on any atom is 0.0283 e. The fourth-order valence-electron chi connectivity index (χ4n) is 3.25. The quantitative estimate of drug-likeness (QED) is 0.227. The van der Waals surface area contributed by atoms with Gasteiger partial charge in [0.15, 0.2) is 0 Å². The zero-order valence-corrected chi connectivity index (χ0v) is 19.8. The second-order valence-electron chi connectivity index (χ2n) is 6.76. The van der Waals surface area contributed by atoms with Crippen LogP contribution in [0.15, 0.2) is 107 Å². The lowest BCUT2D eigenvalue weighted by molar-refractivity contribution is 1.37. The van der Waals surface area contributed by atoms with Gasteiger partial charge in [-0.25, -0.2) is 0 Å². The Morgan fingerprint density at radius 3 is 1.24 bits per heavy atom. The van der Waals surface area contributed by atoms with Gasteiger partial charge in [-0.1, -0.05) is 129 Å². The molecule has 0 saturated heterocycles. The molecule has 0 fully saturated rings. The van der Waals surface area contributed by atoms with Gasteiger partial charge >= 0.3 is 0 Å². The van der Waals surface area contributed by atoms with Crippen molar-refractivity contribution in [3.63, 3.8) is 0 Å². The summed E-state index contributed by atoms with van der Waals surface area (Å²) in [6.45, 7) is 0. The lowest BCUT2D eigenvalue weighted by Gasteiger charge is -2.13. The fraction of sp³-hybridized carbons (Fsp3) is 0.0769. The standard InChI is InChI=1S/C26H20Br2S/c27-17-19-9-13-21(14-10-19)23-5-1-3-7-25(23)29-26-8-4-2-6-24(26)22-15-11-20(18-28)12-16-22/h1-16H,17-18H2. The Balaban J connectivity index is 1.70. The van der Waals surface area contributed by atoms with Gasteiger partial charge in [0, 0.05) is 20.5 Å². The van der Waals surface area contributed by atoms with Crippen LogP contribution in [-0.2, 0) is 10.7 Å². The molecular formula is C26H20Br2S. The molecule has 144 valence electrons. The Morgan fingerprint density at radius 2 is 0.862 bits per heavy atom. The SMILES string of the molecule is BrCc1ccc(-c2ccccc2Sc2ccccc2-c2ccc(CBr)cc2)cc1. The molecule has 0 atom stereocenters. The summed E-state index contributed by atoms with van der Waals surface area (Å²) < 4.78 is 0. The highest BCUT2D eigenvalue weighted by Crippen LogP contribution is 2.40. The first-order valence-corrected chi connectivity index (χ1v) is 12.5. The molecule has 0 N–H and O–H groups in total. The van der Waals surface area contributed by atoms with Gasteiger partial charge in [0.25, 0.3) is 0 Å². The molecular weight excluding hydrogens is 504 g/mol. The van der Waals surface area contributed by atoms with Crippen molar-refractivity contribution in [1.29, 1.82) is 0 Å². The predicted octanol–water partition coefficient (Wildman–Crippen LogP) is 8.96. The summed E-state index contributed by atoms with van der Waals surface area (Å²) in [6, 6.07) is 34.9. The van der Waals surface area contributed by atoms with E-state index in [0.717, 1.165) is 10.7 Å². The van der Waals surface area contributed by atoms with Crippen LogP contribution in [0.2, 0.25) is 0 Å². The summed E-state index contributed by atoms with van der Waals surface area (Å²) in [5, 5.41) is 1.76. The summed E-state index contributed by atoms with van der Waals surface area (Å²) in [5.74, 6) is 0. The van der Waals surface area contributed by atoms with Crippen molar-refractivity contribution in [3.05, 3.63) is 108 Å². The zero-order valence-electron chi connectivity index (χ0n) is 15.8. The first kappa shape index (κ1) is 20.5. The number of halogens is 2. The minimum Gasteiger partial charge on any atom is -0.0888 e. The molecule has 0 aliphatic carbocycles. The van der Waals surface area contributed by atoms with Crippen LogP contribution in [0.5, 0.6) is 0 Å². The number of hydrogen-bond acceptors (Lipinski definition) is 1. The van der Waals surface area contributed by atoms with E-state index in [2.05, 4.69) is 129 Å². The second-order valence-corrected chi connectivity index (χ2v) is 8.96. The summed E-state index contributed by atoms with van der Waals surface area (Å²) in [5.41, 5.74) is 7.60. The average molecular weight is 524 g/mol. The number of benzene rings is 4. The highest BCUT2D eigenvalue weighted by atomic mass is 79.9. The monoisotopic (exact) mass is 522 g/mol. The Hall–Kier alpha value is -1.81. The van der Waals surface area contributed by atoms with Gasteiger partial charge in [0.05, 0.1) is 0 Å². The van der Waals surface area contributed by atoms with Gasteiger partial charge < -0.3 is 0 Å². The molecule has 0 aliphatic rings. The highest BCUT2D eigenvalue weighted by molar-refractivity contribution is 9.08. The largest absolute Gasteiger partial charge is 0.0888 e. The molecule has 4 aromatic carbocycles. The molecule has 29 heavy (non-hydrogen) atoms. The predicted molar refractivity (Wildman–Crippen MR) is 133 cm³/mol. The molecule has 0 radical (unpaired) electrons. The Bertz CT molecular complexity index is 997. The minimum absolute atomic E-state index is 0.880. The lowest BCUT2D eigenvalue weighted by atomic mass is 10.0. The molecule has 0 heterocycles. The summed E-state index contributed by atoms with van der Waals surface area (Å²) in [7, 11) is 0. The van der Waals surface area contributed by atoms with E-state index in [-0.39, 0.29) is 0 Å². The maximum atomic E-state index is 3.53. The molecule has 0 aromatic heterocycles. The van der Waals surface area contributed by atoms with E-state index in [1.165, 1.54) is 43.2 Å². The van der Waals surface area contributed by atoms with Crippen molar-refractivity contribution in [2.75, 3.05) is 0 Å². The van der Waals surface area contributed by atoms with Crippen molar-refractivity contribution in [3.8, 4) is 22.3 Å². The van der Waals surface area contributed by atoms with Gasteiger partial charge in [-0.05, 0) is 45.5 Å². The molecule has 4 aromatic rings. The van der Waals surface area contributed by atoms with Crippen LogP contribution >= 0.6 is 43.6 Å². The fourth-order valence-corrected chi connectivity index (χ4v) is 5.12. The molecule has 0 aliphatic heterocycles. The van der Waals surface area contributed by atoms with Crippen LogP contribution in [0.4, 0.5) is 0 Å². The topological polar surface area (TPSA) is 0 Å². The van der Waals surface area contributed by atoms with E-state index in [4.69, 9.17) is 0 Å². The molecule has 0 saturated carbocycles. The molecule has 4 rings (SSSR count). The molecule has 0 bridgehead atoms. The van der Waals surface area contributed by atoms with Crippen LogP contribution in [0.3, 0.4) is 0 Å². The summed E-state index contributed by atoms with van der Waals surface area (Å²) >= 11 is 8.89. The van der Waals surface area contributed by atoms with Gasteiger partial charge in [0.1, 0.15) is 0 Å². The van der Waals surface area contributed by atoms with Crippen LogP contribution < -0.4 is 0 Å². The van der Waals surface area contributed by atoms with Crippen LogP contribution in [0.25, 0.3) is 22.3 Å². The summed E-state index contributed by atoms with van der Waals surface area (Å²) in [4.78, 5) is 2.53. The van der Waals surface area contributed by atoms with E-state index in [9.17, 15) is 0 Å². The highest BCUT2D eigenvalue weighted by Gasteiger charge is 2.10. The molecule has 0 nitrogen and oxygen atoms in total. The molecule has 0 spiro atoms. The van der Waals surface area contributed by atoms with E-state index in [0.29, 0.717) is 0 Å². The van der Waals surface area contributed by atoms with Gasteiger partial charge in [-0.3, -0.25) is 0 Å². The lowest BCUT2D eigenvalue weighted by Crippen LogP contribution is -1.87. The normalized spacial score (nSPS) is 10.8. The van der Waals surface area contributed by atoms with E-state index in [1.807, 2.05) is 11.8 Å². The van der Waals surface area contributed by atoms with Crippen molar-refractivity contribution in [1.82, 2.24) is 0 Å². The van der Waals surface area contributed by atoms with Crippen molar-refractivity contribution >= 4 is 43.6 Å². The van der Waals surface area contributed by atoms with Crippen molar-refractivity contribution in [2.45, 2.75) is 20.5 Å². The van der Waals surface area contributed by atoms with Gasteiger partial charge in [-0.15, -0.1) is 0 Å². The van der Waals surface area contributed by atoms with Crippen molar-refractivity contribution in [2.24, 2.45) is 0 Å². The first-order chi connectivity index (χ1) is 14.3. The number of alkyl halides is 2. The number of hydrogen-bond donors (Lipinski definition) is 0. The third-order valence-electron chi connectivity index (χ3n) is 4.83. The number of rotatable bonds is 6. The molecule has 0 amide bonds. The van der Waals surface area contributed by atoms with Crippen molar-refractivity contribution < 1.29 is 0 Å². The third-order valence-corrected chi connectivity index (χ3v) is 7.28. The Kier molecular flexibility index (Phi) is 6.91. The Morgan fingerprint density at radius 1 is 0.483 bits per heavy atom. The van der Waals surface area contributed by atoms with Crippen LogP contribution in [0, 0.1) is 0 Å². The summed E-state index contributed by atoms with van der Waals surface area (Å²) in [6.07, 6.45) is 0. The first-order valence-electron chi connectivity index (χ1n) is 9.45. The minimum atomic E-state index is 0.880. The zero-order chi connectivity index (χ0) is 20.1. The van der Waals surface area contributed by atoms with E-state index in [1.54, 1.807) is 0 Å². The third kappa shape index (κ3) is 4.85.